The predicted octanol–water partition coefficient (Wildman–Crippen LogP) is 8.59. The third kappa shape index (κ3) is 11.4. The molecule has 0 bridgehead atoms. The number of nitrogens with two attached hydrogens (primary N) is 1. The quantitative estimate of drug-likeness (QED) is 0.110. The lowest BCUT2D eigenvalue weighted by Gasteiger charge is -2.50. The van der Waals surface area contributed by atoms with Crippen LogP contribution in [-0.4, -0.2) is 165 Å². The first-order valence-corrected chi connectivity index (χ1v) is 27.5. The Morgan fingerprint density at radius 1 is 0.671 bits per heavy atom. The number of rotatable bonds is 10. The maximum absolute atomic E-state index is 13.0. The van der Waals surface area contributed by atoms with Gasteiger partial charge in [-0.15, -0.1) is 0 Å². The van der Waals surface area contributed by atoms with Crippen LogP contribution in [0.25, 0.3) is 34.1 Å². The molecule has 11 rings (SSSR count). The number of hydrogen-bond donors (Lipinski definition) is 3. The van der Waals surface area contributed by atoms with Crippen molar-refractivity contribution in [2.75, 3.05) is 74.4 Å². The van der Waals surface area contributed by atoms with Crippen molar-refractivity contribution in [1.82, 2.24) is 64.5 Å². The number of pyridine rings is 1. The Morgan fingerprint density at radius 3 is 1.93 bits per heavy atom. The standard InChI is InChI=1S/C30H34ClN7O.C26H34ClN9O/c1-3-23-19-37(29-20(2)33-27(18-32-29)28-34-25-6-4-5-7-26(25)35-28)16-17-38(23)24-12-14-36(15-13-24)30(39)21-8-10-22(31)11-9-21;1-4-18-15-35(25-17(3)32-21(13-31-25)24-29-9-10-30-24)16(2)14-36(18)19-7-11-34(12-8-19)26(37)20-5-6-22(27)33-23(20)28/h4-11,18,23-24H,3,12-17,19H2,1-2H3,(H,34,35);5-6,9-10,13,16,18-19H,4,7-8,11-12,14-15H2,1-3H3,(H2,28,33)(H,29,30)/t23-;16-,18+/m01/s1. The zero-order valence-corrected chi connectivity index (χ0v) is 45.6. The lowest BCUT2D eigenvalue weighted by molar-refractivity contribution is 0.0434. The fraction of sp³-hybridized carbons (Fsp3) is 0.446. The highest BCUT2D eigenvalue weighted by Gasteiger charge is 2.39. The first-order chi connectivity index (χ1) is 36.8. The Labute approximate surface area is 454 Å². The molecule has 2 amide bonds. The van der Waals surface area contributed by atoms with E-state index in [0.29, 0.717) is 64.6 Å². The van der Waals surface area contributed by atoms with Crippen LogP contribution in [0.2, 0.25) is 10.2 Å². The number of piperidine rings is 2. The molecule has 2 aromatic carbocycles. The number of carbonyl (C=O) groups is 2. The van der Waals surface area contributed by atoms with E-state index in [1.807, 2.05) is 66.2 Å². The Balaban J connectivity index is 0.000000173. The molecule has 20 heteroatoms. The molecule has 0 unspecified atom stereocenters. The highest BCUT2D eigenvalue weighted by Crippen LogP contribution is 2.32. The van der Waals surface area contributed by atoms with E-state index < -0.39 is 0 Å². The highest BCUT2D eigenvalue weighted by atomic mass is 35.5. The van der Waals surface area contributed by atoms with E-state index in [1.54, 1.807) is 42.9 Å². The number of nitrogen functional groups attached to an aromatic ring is 1. The Morgan fingerprint density at radius 2 is 1.30 bits per heavy atom. The largest absolute Gasteiger partial charge is 0.383 e. The molecule has 4 aliphatic rings. The Kier molecular flexibility index (Phi) is 16.1. The van der Waals surface area contributed by atoms with E-state index in [2.05, 4.69) is 65.3 Å². The van der Waals surface area contributed by atoms with Gasteiger partial charge in [-0.05, 0) is 108 Å². The number of piperazine rings is 2. The minimum Gasteiger partial charge on any atom is -0.383 e. The molecule has 7 aromatic rings. The van der Waals surface area contributed by atoms with Crippen LogP contribution in [0, 0.1) is 13.8 Å². The predicted molar refractivity (Wildman–Crippen MR) is 300 cm³/mol. The number of anilines is 3. The number of nitrogens with zero attached hydrogens (tertiary/aromatic N) is 13. The van der Waals surface area contributed by atoms with Gasteiger partial charge in [0, 0.05) is 112 Å². The summed E-state index contributed by atoms with van der Waals surface area (Å²) in [7, 11) is 0. The number of benzene rings is 2. The summed E-state index contributed by atoms with van der Waals surface area (Å²) < 4.78 is 0. The van der Waals surface area contributed by atoms with Gasteiger partial charge in [0.25, 0.3) is 11.8 Å². The van der Waals surface area contributed by atoms with E-state index in [9.17, 15) is 9.59 Å². The van der Waals surface area contributed by atoms with Crippen molar-refractivity contribution in [2.45, 2.75) is 103 Å². The number of amides is 2. The summed E-state index contributed by atoms with van der Waals surface area (Å²) in [5.74, 6) is 3.58. The van der Waals surface area contributed by atoms with Crippen molar-refractivity contribution in [3.63, 3.8) is 0 Å². The Hall–Kier alpha value is -6.73. The molecular weight excluding hydrogens is 1000 g/mol. The number of carbonyl (C=O) groups excluding carboxylic acids is 2. The average Bonchev–Trinajstić information content (AvgIpc) is 4.15. The molecule has 0 aliphatic carbocycles. The topological polar surface area (TPSA) is 201 Å². The van der Waals surface area contributed by atoms with Gasteiger partial charge in [-0.1, -0.05) is 49.2 Å². The summed E-state index contributed by atoms with van der Waals surface area (Å²) in [5.41, 5.74) is 12.4. The van der Waals surface area contributed by atoms with E-state index >= 15 is 0 Å². The molecule has 5 aromatic heterocycles. The van der Waals surface area contributed by atoms with Crippen molar-refractivity contribution in [1.29, 1.82) is 0 Å². The number of nitrogens with one attached hydrogen (secondary N) is 2. The van der Waals surface area contributed by atoms with Crippen LogP contribution < -0.4 is 15.5 Å². The molecule has 3 atom stereocenters. The Bertz CT molecular complexity index is 3090. The second-order valence-corrected chi connectivity index (χ2v) is 21.3. The molecule has 18 nitrogen and oxygen atoms in total. The summed E-state index contributed by atoms with van der Waals surface area (Å²) in [4.78, 5) is 78.7. The van der Waals surface area contributed by atoms with Crippen LogP contribution in [0.1, 0.15) is 91.4 Å². The number of aryl methyl sites for hydroxylation is 2. The monoisotopic (exact) mass is 1070 g/mol. The molecule has 0 spiro atoms. The number of likely N-dealkylation sites (tertiary alicyclic amines) is 2. The van der Waals surface area contributed by atoms with Crippen LogP contribution in [0.5, 0.6) is 0 Å². The maximum Gasteiger partial charge on any atom is 0.257 e. The molecule has 4 fully saturated rings. The lowest BCUT2D eigenvalue weighted by Crippen LogP contribution is -2.62. The first-order valence-electron chi connectivity index (χ1n) is 26.8. The number of aromatic amines is 2. The second kappa shape index (κ2) is 23.3. The van der Waals surface area contributed by atoms with Gasteiger partial charge in [0.1, 0.15) is 34.0 Å². The van der Waals surface area contributed by atoms with Crippen LogP contribution in [-0.2, 0) is 0 Å². The summed E-state index contributed by atoms with van der Waals surface area (Å²) in [6.45, 7) is 18.5. The smallest absolute Gasteiger partial charge is 0.257 e. The van der Waals surface area contributed by atoms with Crippen molar-refractivity contribution in [3.8, 4) is 23.0 Å². The van der Waals surface area contributed by atoms with E-state index in [4.69, 9.17) is 48.9 Å². The number of aromatic nitrogens is 9. The van der Waals surface area contributed by atoms with Gasteiger partial charge in [0.2, 0.25) is 0 Å². The number of H-pyrrole nitrogens is 2. The molecular formula is C56H68Cl2N16O2. The van der Waals surface area contributed by atoms with Gasteiger partial charge in [-0.3, -0.25) is 19.4 Å². The molecule has 4 N–H and O–H groups in total. The van der Waals surface area contributed by atoms with Gasteiger partial charge in [-0.2, -0.15) is 0 Å². The second-order valence-electron chi connectivity index (χ2n) is 20.5. The number of para-hydroxylation sites is 2. The number of imidazole rings is 2. The van der Waals surface area contributed by atoms with Crippen LogP contribution in [0.15, 0.2) is 85.5 Å². The first kappa shape index (κ1) is 52.7. The van der Waals surface area contributed by atoms with E-state index in [-0.39, 0.29) is 17.6 Å². The van der Waals surface area contributed by atoms with Gasteiger partial charge < -0.3 is 35.3 Å². The van der Waals surface area contributed by atoms with E-state index in [1.165, 1.54) is 0 Å². The van der Waals surface area contributed by atoms with Crippen molar-refractivity contribution in [3.05, 3.63) is 118 Å². The molecule has 398 valence electrons. The summed E-state index contributed by atoms with van der Waals surface area (Å²) >= 11 is 11.9. The minimum atomic E-state index is -0.0719. The number of hydrogen-bond acceptors (Lipinski definition) is 14. The lowest BCUT2D eigenvalue weighted by atomic mass is 9.96. The summed E-state index contributed by atoms with van der Waals surface area (Å²) in [5, 5.41) is 0.944. The van der Waals surface area contributed by atoms with Crippen molar-refractivity contribution in [2.24, 2.45) is 0 Å². The SMILES string of the molecule is CC[C@H]1CN(c2ncc(-c3nc4ccccc4[nH]3)nc2C)CCN1C1CCN(C(=O)c2ccc(Cl)cc2)CC1.CC[C@H]1CN(c2ncc(-c3ncc[nH]3)nc2C)[C@H](C)CN1C1CCN(C(=O)c2ccc(Cl)nc2N)CC1. The highest BCUT2D eigenvalue weighted by molar-refractivity contribution is 6.30. The normalized spacial score (nSPS) is 20.2. The fourth-order valence-corrected chi connectivity index (χ4v) is 12.0. The van der Waals surface area contributed by atoms with Gasteiger partial charge >= 0.3 is 0 Å². The molecule has 0 radical (unpaired) electrons. The minimum absolute atomic E-state index is 0.0719. The zero-order chi connectivity index (χ0) is 53.0. The molecule has 76 heavy (non-hydrogen) atoms. The van der Waals surface area contributed by atoms with Crippen LogP contribution in [0.4, 0.5) is 17.5 Å². The molecule has 4 aliphatic heterocycles. The van der Waals surface area contributed by atoms with Crippen molar-refractivity contribution >= 4 is 63.5 Å². The van der Waals surface area contributed by atoms with Gasteiger partial charge in [0.05, 0.1) is 40.4 Å². The summed E-state index contributed by atoms with van der Waals surface area (Å²) in [6.07, 6.45) is 13.1. The van der Waals surface area contributed by atoms with Gasteiger partial charge in [0.15, 0.2) is 11.6 Å². The molecule has 9 heterocycles. The molecule has 4 saturated heterocycles. The number of halogens is 2. The number of fused-ring (bicyclic) bond motifs is 1. The van der Waals surface area contributed by atoms with Crippen LogP contribution in [0.3, 0.4) is 0 Å². The van der Waals surface area contributed by atoms with E-state index in [0.717, 1.165) is 141 Å². The van der Waals surface area contributed by atoms with Crippen molar-refractivity contribution < 1.29 is 9.59 Å². The third-order valence-corrected chi connectivity index (χ3v) is 16.3. The molecule has 0 saturated carbocycles. The van der Waals surface area contributed by atoms with Gasteiger partial charge in [-0.25, -0.2) is 34.9 Å². The average molecular weight is 1070 g/mol. The van der Waals surface area contributed by atoms with Crippen LogP contribution >= 0.6 is 23.2 Å². The summed E-state index contributed by atoms with van der Waals surface area (Å²) in [6, 6.07) is 20.6. The maximum atomic E-state index is 13.0. The fourth-order valence-electron chi connectivity index (χ4n) is 11.7. The zero-order valence-electron chi connectivity index (χ0n) is 44.0. The third-order valence-electron chi connectivity index (χ3n) is 15.8.